The van der Waals surface area contributed by atoms with Gasteiger partial charge in [-0.1, -0.05) is 18.2 Å². The highest BCUT2D eigenvalue weighted by Gasteiger charge is 2.34. The number of nitrogen functional groups attached to an aromatic ring is 1. The van der Waals surface area contributed by atoms with Crippen molar-refractivity contribution in [2.24, 2.45) is 0 Å². The summed E-state index contributed by atoms with van der Waals surface area (Å²) in [6.07, 6.45) is -4.57. The molecule has 0 aliphatic heterocycles. The number of halogens is 3. The Balaban J connectivity index is 2.44. The second-order valence-electron chi connectivity index (χ2n) is 4.12. The largest absolute Gasteiger partial charge is 0.456 e. The summed E-state index contributed by atoms with van der Waals surface area (Å²) in [4.78, 5) is 0. The van der Waals surface area contributed by atoms with Crippen molar-refractivity contribution in [2.45, 2.75) is 12.8 Å². The molecule has 0 atom stereocenters. The van der Waals surface area contributed by atoms with Gasteiger partial charge in [0.15, 0.2) is 0 Å². The van der Waals surface area contributed by atoms with Crippen molar-refractivity contribution in [1.82, 2.24) is 0 Å². The Bertz CT molecular complexity index is 612. The molecule has 3 N–H and O–H groups in total. The third kappa shape index (κ3) is 3.03. The fourth-order valence-electron chi connectivity index (χ4n) is 1.71. The normalized spacial score (nSPS) is 11.4. The van der Waals surface area contributed by atoms with Crippen molar-refractivity contribution in [3.05, 3.63) is 53.6 Å². The molecule has 6 heteroatoms. The fraction of sp³-hybridized carbons (Fsp3) is 0.143. The van der Waals surface area contributed by atoms with Gasteiger partial charge in [0, 0.05) is 11.3 Å². The molecular formula is C14H12F3NO2. The zero-order valence-corrected chi connectivity index (χ0v) is 10.3. The molecule has 0 saturated carbocycles. The van der Waals surface area contributed by atoms with E-state index in [4.69, 9.17) is 15.6 Å². The lowest BCUT2D eigenvalue weighted by Crippen LogP contribution is -2.08. The predicted molar refractivity (Wildman–Crippen MR) is 68.3 cm³/mol. The van der Waals surface area contributed by atoms with Gasteiger partial charge in [-0.05, 0) is 24.3 Å². The van der Waals surface area contributed by atoms with E-state index in [1.54, 1.807) is 18.2 Å². The molecule has 2 rings (SSSR count). The summed E-state index contributed by atoms with van der Waals surface area (Å²) in [7, 11) is 0. The Morgan fingerprint density at radius 2 is 1.75 bits per heavy atom. The quantitative estimate of drug-likeness (QED) is 0.847. The molecule has 0 bridgehead atoms. The van der Waals surface area contributed by atoms with Crippen molar-refractivity contribution in [1.29, 1.82) is 0 Å². The Morgan fingerprint density at radius 3 is 2.40 bits per heavy atom. The van der Waals surface area contributed by atoms with Gasteiger partial charge in [-0.15, -0.1) is 0 Å². The van der Waals surface area contributed by atoms with Crippen LogP contribution in [0.5, 0.6) is 11.5 Å². The summed E-state index contributed by atoms with van der Waals surface area (Å²) in [5, 5.41) is 9.15. The zero-order valence-electron chi connectivity index (χ0n) is 10.3. The zero-order chi connectivity index (χ0) is 14.8. The lowest BCUT2D eigenvalue weighted by Gasteiger charge is -2.15. The van der Waals surface area contributed by atoms with E-state index in [0.29, 0.717) is 5.56 Å². The van der Waals surface area contributed by atoms with Crippen molar-refractivity contribution in [2.75, 3.05) is 5.73 Å². The van der Waals surface area contributed by atoms with Crippen LogP contribution in [0.3, 0.4) is 0 Å². The van der Waals surface area contributed by atoms with Crippen LogP contribution in [0, 0.1) is 0 Å². The number of hydrogen-bond acceptors (Lipinski definition) is 3. The minimum atomic E-state index is -4.57. The Labute approximate surface area is 113 Å². The molecule has 0 amide bonds. The third-order valence-electron chi connectivity index (χ3n) is 2.67. The number of alkyl halides is 3. The van der Waals surface area contributed by atoms with Gasteiger partial charge in [0.25, 0.3) is 0 Å². The van der Waals surface area contributed by atoms with E-state index < -0.39 is 11.7 Å². The number of nitrogens with two attached hydrogens (primary N) is 1. The topological polar surface area (TPSA) is 55.5 Å². The molecule has 0 saturated heterocycles. The number of benzene rings is 2. The number of anilines is 1. The molecule has 0 unspecified atom stereocenters. The highest BCUT2D eigenvalue weighted by atomic mass is 19.4. The molecule has 0 aliphatic carbocycles. The fourth-order valence-corrected chi connectivity index (χ4v) is 1.71. The second-order valence-corrected chi connectivity index (χ2v) is 4.12. The van der Waals surface area contributed by atoms with E-state index >= 15 is 0 Å². The number of rotatable bonds is 3. The lowest BCUT2D eigenvalue weighted by molar-refractivity contribution is -0.138. The molecule has 0 radical (unpaired) electrons. The highest BCUT2D eigenvalue weighted by Crippen LogP contribution is 2.39. The van der Waals surface area contributed by atoms with Crippen molar-refractivity contribution in [3.63, 3.8) is 0 Å². The number of hydrogen-bond donors (Lipinski definition) is 2. The maximum absolute atomic E-state index is 12.9. The van der Waals surface area contributed by atoms with E-state index in [0.717, 1.165) is 12.1 Å². The van der Waals surface area contributed by atoms with Crippen LogP contribution in [0.4, 0.5) is 18.9 Å². The summed E-state index contributed by atoms with van der Waals surface area (Å²) in [6.45, 7) is -0.327. The Hall–Kier alpha value is -2.21. The maximum atomic E-state index is 12.9. The number of ether oxygens (including phenoxy) is 1. The average Bonchev–Trinajstić information content (AvgIpc) is 2.40. The molecule has 2 aromatic carbocycles. The first kappa shape index (κ1) is 14.2. The van der Waals surface area contributed by atoms with Crippen molar-refractivity contribution < 1.29 is 23.0 Å². The van der Waals surface area contributed by atoms with Crippen LogP contribution in [0.25, 0.3) is 0 Å². The van der Waals surface area contributed by atoms with Gasteiger partial charge in [-0.3, -0.25) is 0 Å². The van der Waals surface area contributed by atoms with Crippen LogP contribution in [0.1, 0.15) is 11.1 Å². The van der Waals surface area contributed by atoms with Crippen molar-refractivity contribution in [3.8, 4) is 11.5 Å². The van der Waals surface area contributed by atoms with Crippen LogP contribution in [-0.4, -0.2) is 5.11 Å². The number of aliphatic hydroxyl groups is 1. The first-order chi connectivity index (χ1) is 9.41. The molecule has 0 aliphatic rings. The monoisotopic (exact) mass is 283 g/mol. The summed E-state index contributed by atoms with van der Waals surface area (Å²) in [5.41, 5.74) is 4.83. The SMILES string of the molecule is Nc1ccc(Oc2ccccc2CO)c(C(F)(F)F)c1. The second kappa shape index (κ2) is 5.42. The summed E-state index contributed by atoms with van der Waals surface area (Å²) >= 11 is 0. The first-order valence-electron chi connectivity index (χ1n) is 5.75. The van der Waals surface area contributed by atoms with Crippen LogP contribution in [-0.2, 0) is 12.8 Å². The third-order valence-corrected chi connectivity index (χ3v) is 2.67. The van der Waals surface area contributed by atoms with E-state index in [9.17, 15) is 13.2 Å². The first-order valence-corrected chi connectivity index (χ1v) is 5.75. The van der Waals surface area contributed by atoms with Gasteiger partial charge in [0.1, 0.15) is 17.1 Å². The van der Waals surface area contributed by atoms with E-state index in [1.165, 1.54) is 12.1 Å². The Morgan fingerprint density at radius 1 is 1.05 bits per heavy atom. The smallest absolute Gasteiger partial charge is 0.420 e. The lowest BCUT2D eigenvalue weighted by atomic mass is 10.1. The van der Waals surface area contributed by atoms with Gasteiger partial charge < -0.3 is 15.6 Å². The van der Waals surface area contributed by atoms with Gasteiger partial charge in [0.2, 0.25) is 0 Å². The number of aliphatic hydroxyl groups excluding tert-OH is 1. The average molecular weight is 283 g/mol. The number of para-hydroxylation sites is 1. The molecule has 2 aromatic rings. The molecular weight excluding hydrogens is 271 g/mol. The molecule has 20 heavy (non-hydrogen) atoms. The standard InChI is InChI=1S/C14H12F3NO2/c15-14(16,17)11-7-10(18)5-6-13(11)20-12-4-2-1-3-9(12)8-19/h1-7,19H,8,18H2. The van der Waals surface area contributed by atoms with Crippen molar-refractivity contribution >= 4 is 5.69 Å². The molecule has 106 valence electrons. The summed E-state index contributed by atoms with van der Waals surface area (Å²) in [6, 6.07) is 9.63. The Kier molecular flexibility index (Phi) is 3.85. The molecule has 0 heterocycles. The van der Waals surface area contributed by atoms with Gasteiger partial charge in [-0.2, -0.15) is 13.2 Å². The van der Waals surface area contributed by atoms with Crippen LogP contribution in [0.15, 0.2) is 42.5 Å². The van der Waals surface area contributed by atoms with Gasteiger partial charge in [-0.25, -0.2) is 0 Å². The summed E-state index contributed by atoms with van der Waals surface area (Å²) in [5.74, 6) is -0.183. The summed E-state index contributed by atoms with van der Waals surface area (Å²) < 4.78 is 44.1. The van der Waals surface area contributed by atoms with Gasteiger partial charge in [0.05, 0.1) is 6.61 Å². The highest BCUT2D eigenvalue weighted by molar-refractivity contribution is 5.51. The van der Waals surface area contributed by atoms with E-state index in [-0.39, 0.29) is 23.8 Å². The van der Waals surface area contributed by atoms with Crippen LogP contribution >= 0.6 is 0 Å². The minimum absolute atomic E-state index is 0.000110. The van der Waals surface area contributed by atoms with E-state index in [2.05, 4.69) is 0 Å². The van der Waals surface area contributed by atoms with Crippen LogP contribution < -0.4 is 10.5 Å². The van der Waals surface area contributed by atoms with E-state index in [1.807, 2.05) is 0 Å². The molecule has 0 spiro atoms. The van der Waals surface area contributed by atoms with Gasteiger partial charge >= 0.3 is 6.18 Å². The molecule has 3 nitrogen and oxygen atoms in total. The molecule has 0 aromatic heterocycles. The minimum Gasteiger partial charge on any atom is -0.456 e. The molecule has 0 fully saturated rings. The predicted octanol–water partition coefficient (Wildman–Crippen LogP) is 3.57. The van der Waals surface area contributed by atoms with Crippen LogP contribution in [0.2, 0.25) is 0 Å². The maximum Gasteiger partial charge on any atom is 0.420 e.